The van der Waals surface area contributed by atoms with Gasteiger partial charge in [-0.25, -0.2) is 0 Å². The predicted octanol–water partition coefficient (Wildman–Crippen LogP) is 4.93. The van der Waals surface area contributed by atoms with Crippen LogP contribution in [0.25, 0.3) is 11.1 Å². The Labute approximate surface area is 190 Å². The number of carbonyl (C=O) groups is 2. The van der Waals surface area contributed by atoms with Gasteiger partial charge in [-0.15, -0.1) is 0 Å². The van der Waals surface area contributed by atoms with E-state index >= 15 is 0 Å². The summed E-state index contributed by atoms with van der Waals surface area (Å²) < 4.78 is 38.4. The maximum atomic E-state index is 12.9. The minimum Gasteiger partial charge on any atom is -0.348 e. The molecule has 0 aliphatic heterocycles. The van der Waals surface area contributed by atoms with Crippen LogP contribution in [0.2, 0.25) is 0 Å². The number of nitrogens with one attached hydrogen (secondary N) is 1. The average molecular weight is 455 g/mol. The molecule has 1 aromatic heterocycles. The van der Waals surface area contributed by atoms with Crippen LogP contribution in [0.3, 0.4) is 0 Å². The molecule has 172 valence electrons. The third-order valence-electron chi connectivity index (χ3n) is 5.02. The van der Waals surface area contributed by atoms with Gasteiger partial charge in [0.25, 0.3) is 11.8 Å². The lowest BCUT2D eigenvalue weighted by Crippen LogP contribution is -2.36. The molecular formula is C25H24F3N3O2. The zero-order chi connectivity index (χ0) is 24.2. The van der Waals surface area contributed by atoms with Gasteiger partial charge in [-0.05, 0) is 54.8 Å². The topological polar surface area (TPSA) is 62.3 Å². The largest absolute Gasteiger partial charge is 0.406 e. The van der Waals surface area contributed by atoms with E-state index in [-0.39, 0.29) is 17.7 Å². The van der Waals surface area contributed by atoms with Gasteiger partial charge in [-0.2, -0.15) is 13.2 Å². The molecular weight excluding hydrogens is 431 g/mol. The summed E-state index contributed by atoms with van der Waals surface area (Å²) in [7, 11) is 1.08. The highest BCUT2D eigenvalue weighted by molar-refractivity contribution is 6.01. The molecule has 0 aliphatic rings. The van der Waals surface area contributed by atoms with Gasteiger partial charge in [-0.3, -0.25) is 14.6 Å². The highest BCUT2D eigenvalue weighted by atomic mass is 19.4. The number of amides is 2. The number of carbonyl (C=O) groups excluding carboxylic acids is 2. The average Bonchev–Trinajstić information content (AvgIpc) is 2.77. The minimum absolute atomic E-state index is 0.00183. The molecule has 0 bridgehead atoms. The summed E-state index contributed by atoms with van der Waals surface area (Å²) >= 11 is 0. The molecule has 5 nitrogen and oxygen atoms in total. The van der Waals surface area contributed by atoms with Gasteiger partial charge in [-0.1, -0.05) is 35.9 Å². The van der Waals surface area contributed by atoms with E-state index in [9.17, 15) is 22.8 Å². The van der Waals surface area contributed by atoms with Crippen molar-refractivity contribution in [1.29, 1.82) is 0 Å². The Hall–Kier alpha value is -3.68. The molecule has 0 fully saturated rings. The first-order chi connectivity index (χ1) is 15.5. The molecule has 2 aromatic carbocycles. The van der Waals surface area contributed by atoms with Crippen LogP contribution in [0.5, 0.6) is 0 Å². The van der Waals surface area contributed by atoms with Crippen LogP contribution >= 0.6 is 0 Å². The molecule has 1 heterocycles. The summed E-state index contributed by atoms with van der Waals surface area (Å²) in [6.07, 6.45) is -2.87. The van der Waals surface area contributed by atoms with Gasteiger partial charge in [0.05, 0.1) is 0 Å². The molecule has 0 saturated carbocycles. The first kappa shape index (κ1) is 24.0. The van der Waals surface area contributed by atoms with Crippen LogP contribution in [-0.2, 0) is 6.54 Å². The molecule has 0 unspecified atom stereocenters. The number of aryl methyl sites for hydroxylation is 2. The normalized spacial score (nSPS) is 11.2. The molecule has 33 heavy (non-hydrogen) atoms. The molecule has 3 rings (SSSR count). The second kappa shape index (κ2) is 9.85. The molecule has 3 aromatic rings. The molecule has 0 aliphatic carbocycles. The van der Waals surface area contributed by atoms with E-state index in [1.165, 1.54) is 12.1 Å². The number of benzene rings is 2. The van der Waals surface area contributed by atoms with Crippen molar-refractivity contribution < 1.29 is 22.8 Å². The van der Waals surface area contributed by atoms with Crippen LogP contribution in [0.1, 0.15) is 37.5 Å². The van der Waals surface area contributed by atoms with E-state index < -0.39 is 24.5 Å². The highest BCUT2D eigenvalue weighted by Gasteiger charge is 2.31. The molecule has 0 spiro atoms. The van der Waals surface area contributed by atoms with Crippen molar-refractivity contribution in [3.8, 4) is 11.1 Å². The van der Waals surface area contributed by atoms with E-state index in [2.05, 4.69) is 10.3 Å². The van der Waals surface area contributed by atoms with Crippen molar-refractivity contribution in [3.05, 3.63) is 88.7 Å². The van der Waals surface area contributed by atoms with E-state index in [0.717, 1.165) is 29.4 Å². The van der Waals surface area contributed by atoms with E-state index in [1.54, 1.807) is 12.3 Å². The molecule has 0 saturated heterocycles. The number of aromatic nitrogens is 1. The quantitative estimate of drug-likeness (QED) is 0.573. The predicted molar refractivity (Wildman–Crippen MR) is 120 cm³/mol. The Kier molecular flexibility index (Phi) is 7.16. The summed E-state index contributed by atoms with van der Waals surface area (Å²) in [5.74, 6) is -1.27. The number of rotatable bonds is 6. The van der Waals surface area contributed by atoms with Gasteiger partial charge in [0.1, 0.15) is 6.54 Å². The van der Waals surface area contributed by atoms with Gasteiger partial charge in [0, 0.05) is 36.6 Å². The third kappa shape index (κ3) is 6.65. The molecule has 2 amide bonds. The summed E-state index contributed by atoms with van der Waals surface area (Å²) in [6, 6.07) is 15.5. The van der Waals surface area contributed by atoms with Gasteiger partial charge >= 0.3 is 6.18 Å². The SMILES string of the molecule is Cc1ccc(-c2cc(C(=O)NCc3ccc(C)nc3)cc(C(=O)N(C)CC(F)(F)F)c2)cc1. The lowest BCUT2D eigenvalue weighted by Gasteiger charge is -2.20. The first-order valence-electron chi connectivity index (χ1n) is 10.3. The number of pyridine rings is 1. The van der Waals surface area contributed by atoms with Crippen molar-refractivity contribution in [3.63, 3.8) is 0 Å². The number of nitrogens with zero attached hydrogens (tertiary/aromatic N) is 2. The van der Waals surface area contributed by atoms with Crippen molar-refractivity contribution in [1.82, 2.24) is 15.2 Å². The Bertz CT molecular complexity index is 1140. The molecule has 8 heteroatoms. The van der Waals surface area contributed by atoms with Crippen molar-refractivity contribution in [2.24, 2.45) is 0 Å². The fourth-order valence-corrected chi connectivity index (χ4v) is 3.24. The molecule has 1 N–H and O–H groups in total. The lowest BCUT2D eigenvalue weighted by molar-refractivity contribution is -0.138. The smallest absolute Gasteiger partial charge is 0.348 e. The van der Waals surface area contributed by atoms with Gasteiger partial charge < -0.3 is 10.2 Å². The second-order valence-corrected chi connectivity index (χ2v) is 7.93. The van der Waals surface area contributed by atoms with Crippen LogP contribution in [0.4, 0.5) is 13.2 Å². The maximum Gasteiger partial charge on any atom is 0.406 e. The van der Waals surface area contributed by atoms with E-state index in [4.69, 9.17) is 0 Å². The van der Waals surface area contributed by atoms with Gasteiger partial charge in [0.15, 0.2) is 0 Å². The zero-order valence-electron chi connectivity index (χ0n) is 18.5. The summed E-state index contributed by atoms with van der Waals surface area (Å²) in [5.41, 5.74) is 4.15. The Morgan fingerprint density at radius 2 is 1.61 bits per heavy atom. The number of alkyl halides is 3. The summed E-state index contributed by atoms with van der Waals surface area (Å²) in [4.78, 5) is 30.4. The Morgan fingerprint density at radius 1 is 0.939 bits per heavy atom. The number of halogens is 3. The number of hydrogen-bond acceptors (Lipinski definition) is 3. The third-order valence-corrected chi connectivity index (χ3v) is 5.02. The van der Waals surface area contributed by atoms with E-state index in [0.29, 0.717) is 10.5 Å². The van der Waals surface area contributed by atoms with Crippen LogP contribution in [0, 0.1) is 13.8 Å². The lowest BCUT2D eigenvalue weighted by atomic mass is 9.98. The van der Waals surface area contributed by atoms with Crippen LogP contribution in [0.15, 0.2) is 60.8 Å². The fraction of sp³-hybridized carbons (Fsp3) is 0.240. The standard InChI is InChI=1S/C25H24F3N3O2/c1-16-4-8-19(9-5-16)20-10-21(23(32)30-14-18-7-6-17(2)29-13-18)12-22(11-20)24(33)31(3)15-25(26,27)28/h4-13H,14-15H2,1-3H3,(H,30,32). The number of hydrogen-bond donors (Lipinski definition) is 1. The minimum atomic E-state index is -4.53. The Morgan fingerprint density at radius 3 is 2.21 bits per heavy atom. The zero-order valence-corrected chi connectivity index (χ0v) is 18.5. The van der Waals surface area contributed by atoms with Gasteiger partial charge in [0.2, 0.25) is 0 Å². The highest BCUT2D eigenvalue weighted by Crippen LogP contribution is 2.25. The van der Waals surface area contributed by atoms with Crippen LogP contribution in [-0.4, -0.2) is 41.5 Å². The van der Waals surface area contributed by atoms with Crippen molar-refractivity contribution >= 4 is 11.8 Å². The molecule has 0 atom stereocenters. The summed E-state index contributed by atoms with van der Waals surface area (Å²) in [6.45, 7) is 2.61. The molecule has 0 radical (unpaired) electrons. The van der Waals surface area contributed by atoms with E-state index in [1.807, 2.05) is 50.2 Å². The second-order valence-electron chi connectivity index (χ2n) is 7.93. The van der Waals surface area contributed by atoms with Crippen LogP contribution < -0.4 is 5.32 Å². The first-order valence-corrected chi connectivity index (χ1v) is 10.3. The van der Waals surface area contributed by atoms with Crippen molar-refractivity contribution in [2.45, 2.75) is 26.6 Å². The van der Waals surface area contributed by atoms with Crippen molar-refractivity contribution in [2.75, 3.05) is 13.6 Å². The maximum absolute atomic E-state index is 12.9. The Balaban J connectivity index is 1.92. The monoisotopic (exact) mass is 455 g/mol. The fourth-order valence-electron chi connectivity index (χ4n) is 3.24. The summed E-state index contributed by atoms with van der Waals surface area (Å²) in [5, 5.41) is 2.77.